The molecule has 0 radical (unpaired) electrons. The fourth-order valence-corrected chi connectivity index (χ4v) is 1.35. The molecule has 0 aliphatic carbocycles. The normalized spacial score (nSPS) is 38.0. The second-order valence-electron chi connectivity index (χ2n) is 3.19. The van der Waals surface area contributed by atoms with Gasteiger partial charge in [0.1, 0.15) is 18.3 Å². The Kier molecular flexibility index (Phi) is 3.82. The van der Waals surface area contributed by atoms with E-state index in [-0.39, 0.29) is 13.2 Å². The van der Waals surface area contributed by atoms with Crippen molar-refractivity contribution in [2.24, 2.45) is 0 Å². The van der Waals surface area contributed by atoms with E-state index < -0.39 is 30.4 Å². The van der Waals surface area contributed by atoms with Crippen LogP contribution in [-0.4, -0.2) is 58.9 Å². The predicted molar refractivity (Wildman–Crippen MR) is 44.4 cm³/mol. The predicted octanol–water partition coefficient (Wildman–Crippen LogP) is -1.97. The van der Waals surface area contributed by atoms with Crippen molar-refractivity contribution in [1.29, 1.82) is 0 Å². The molecule has 6 nitrogen and oxygen atoms in total. The van der Waals surface area contributed by atoms with Gasteiger partial charge in [-0.15, -0.1) is 0 Å². The first kappa shape index (κ1) is 11.4. The topological polar surface area (TPSA) is 96.2 Å². The van der Waals surface area contributed by atoms with Crippen LogP contribution >= 0.6 is 0 Å². The number of carbonyl (C=O) groups is 1. The number of aliphatic hydroxyl groups excluding tert-OH is 3. The van der Waals surface area contributed by atoms with Gasteiger partial charge < -0.3 is 24.8 Å². The van der Waals surface area contributed by atoms with Gasteiger partial charge in [-0.1, -0.05) is 0 Å². The molecule has 0 aromatic heterocycles. The lowest BCUT2D eigenvalue weighted by Crippen LogP contribution is -2.55. The second kappa shape index (κ2) is 4.70. The van der Waals surface area contributed by atoms with Crippen LogP contribution in [0.15, 0.2) is 0 Å². The van der Waals surface area contributed by atoms with Gasteiger partial charge in [0.05, 0.1) is 13.2 Å². The highest BCUT2D eigenvalue weighted by Gasteiger charge is 2.40. The van der Waals surface area contributed by atoms with E-state index in [1.807, 2.05) is 0 Å². The lowest BCUT2D eigenvalue weighted by atomic mass is 10.0. The Morgan fingerprint density at radius 3 is 2.71 bits per heavy atom. The Morgan fingerprint density at radius 1 is 1.57 bits per heavy atom. The summed E-state index contributed by atoms with van der Waals surface area (Å²) in [6.45, 7) is 0.730. The maximum Gasteiger partial charge on any atom is 0.303 e. The van der Waals surface area contributed by atoms with Crippen molar-refractivity contribution in [3.8, 4) is 0 Å². The van der Waals surface area contributed by atoms with Crippen LogP contribution in [0.3, 0.4) is 0 Å². The number of esters is 1. The summed E-state index contributed by atoms with van der Waals surface area (Å²) in [4.78, 5) is 10.7. The molecule has 4 atom stereocenters. The van der Waals surface area contributed by atoms with Crippen LogP contribution in [-0.2, 0) is 14.3 Å². The molecule has 1 aliphatic heterocycles. The van der Waals surface area contributed by atoms with Crippen LogP contribution in [0.1, 0.15) is 6.92 Å². The van der Waals surface area contributed by atoms with E-state index in [0.717, 1.165) is 0 Å². The number of aliphatic hydroxyl groups is 3. The Hall–Kier alpha value is -0.690. The SMILES string of the molecule is CC(=O)O[C@H]1[C@H](O)[C@@H](O)CO[C@@H]1CO. The van der Waals surface area contributed by atoms with Crippen LogP contribution in [0.5, 0.6) is 0 Å². The Labute approximate surface area is 81.1 Å². The van der Waals surface area contributed by atoms with E-state index >= 15 is 0 Å². The van der Waals surface area contributed by atoms with Crippen LogP contribution < -0.4 is 0 Å². The molecule has 14 heavy (non-hydrogen) atoms. The minimum absolute atomic E-state index is 0.0792. The van der Waals surface area contributed by atoms with Crippen molar-refractivity contribution in [1.82, 2.24) is 0 Å². The third-order valence-electron chi connectivity index (χ3n) is 2.06. The quantitative estimate of drug-likeness (QED) is 0.454. The molecule has 0 aromatic rings. The van der Waals surface area contributed by atoms with Gasteiger partial charge in [-0.3, -0.25) is 4.79 Å². The lowest BCUT2D eigenvalue weighted by molar-refractivity contribution is -0.212. The summed E-state index contributed by atoms with van der Waals surface area (Å²) in [7, 11) is 0. The van der Waals surface area contributed by atoms with Crippen molar-refractivity contribution < 1.29 is 29.6 Å². The number of hydrogen-bond donors (Lipinski definition) is 3. The molecular weight excluding hydrogens is 192 g/mol. The average Bonchev–Trinajstić information content (AvgIpc) is 2.13. The monoisotopic (exact) mass is 206 g/mol. The molecule has 1 heterocycles. The molecule has 0 unspecified atom stereocenters. The molecule has 0 aromatic carbocycles. The van der Waals surface area contributed by atoms with E-state index in [0.29, 0.717) is 0 Å². The van der Waals surface area contributed by atoms with E-state index in [1.54, 1.807) is 0 Å². The summed E-state index contributed by atoms with van der Waals surface area (Å²) in [5, 5.41) is 27.6. The number of rotatable bonds is 2. The summed E-state index contributed by atoms with van der Waals surface area (Å²) in [6, 6.07) is 0. The molecule has 1 aliphatic rings. The highest BCUT2D eigenvalue weighted by Crippen LogP contribution is 2.18. The zero-order valence-corrected chi connectivity index (χ0v) is 7.79. The first-order valence-corrected chi connectivity index (χ1v) is 4.32. The maximum absolute atomic E-state index is 10.7. The van der Waals surface area contributed by atoms with Gasteiger partial charge in [0.25, 0.3) is 0 Å². The van der Waals surface area contributed by atoms with E-state index in [2.05, 4.69) is 0 Å². The van der Waals surface area contributed by atoms with E-state index in [4.69, 9.17) is 14.6 Å². The van der Waals surface area contributed by atoms with Gasteiger partial charge in [0.2, 0.25) is 0 Å². The number of hydrogen-bond acceptors (Lipinski definition) is 6. The molecule has 0 spiro atoms. The van der Waals surface area contributed by atoms with Crippen molar-refractivity contribution in [3.05, 3.63) is 0 Å². The molecule has 0 saturated carbocycles. The Bertz CT molecular complexity index is 204. The summed E-state index contributed by atoms with van der Waals surface area (Å²) in [5.74, 6) is -0.592. The van der Waals surface area contributed by atoms with E-state index in [9.17, 15) is 15.0 Å². The largest absolute Gasteiger partial charge is 0.457 e. The van der Waals surface area contributed by atoms with Gasteiger partial charge >= 0.3 is 5.97 Å². The Balaban J connectivity index is 2.66. The second-order valence-corrected chi connectivity index (χ2v) is 3.19. The van der Waals surface area contributed by atoms with Crippen LogP contribution in [0.2, 0.25) is 0 Å². The number of carbonyl (C=O) groups excluding carboxylic acids is 1. The van der Waals surface area contributed by atoms with Crippen molar-refractivity contribution in [2.75, 3.05) is 13.2 Å². The summed E-state index contributed by atoms with van der Waals surface area (Å²) < 4.78 is 9.73. The molecule has 1 rings (SSSR count). The molecule has 6 heteroatoms. The molecule has 3 N–H and O–H groups in total. The fraction of sp³-hybridized carbons (Fsp3) is 0.875. The summed E-state index contributed by atoms with van der Waals surface area (Å²) in [6.07, 6.45) is -4.11. The summed E-state index contributed by atoms with van der Waals surface area (Å²) >= 11 is 0. The molecule has 0 bridgehead atoms. The highest BCUT2D eigenvalue weighted by atomic mass is 16.6. The first-order valence-electron chi connectivity index (χ1n) is 4.32. The van der Waals surface area contributed by atoms with Crippen molar-refractivity contribution >= 4 is 5.97 Å². The zero-order chi connectivity index (χ0) is 10.7. The molecule has 1 saturated heterocycles. The van der Waals surface area contributed by atoms with Crippen LogP contribution in [0, 0.1) is 0 Å². The molecule has 0 amide bonds. The smallest absolute Gasteiger partial charge is 0.303 e. The standard InChI is InChI=1S/C8H14O6/c1-4(10)14-8-6(2-9)13-3-5(11)7(8)12/h5-9,11-12H,2-3H2,1H3/t5-,6+,7+,8+/m0/s1. The number of ether oxygens (including phenoxy) is 2. The molecule has 1 fully saturated rings. The Morgan fingerprint density at radius 2 is 2.21 bits per heavy atom. The van der Waals surface area contributed by atoms with Gasteiger partial charge in [-0.25, -0.2) is 0 Å². The van der Waals surface area contributed by atoms with Crippen molar-refractivity contribution in [3.63, 3.8) is 0 Å². The zero-order valence-electron chi connectivity index (χ0n) is 7.79. The van der Waals surface area contributed by atoms with Crippen molar-refractivity contribution in [2.45, 2.75) is 31.3 Å². The maximum atomic E-state index is 10.7. The lowest BCUT2D eigenvalue weighted by Gasteiger charge is -2.36. The van der Waals surface area contributed by atoms with Crippen LogP contribution in [0.25, 0.3) is 0 Å². The highest BCUT2D eigenvalue weighted by molar-refractivity contribution is 5.66. The van der Waals surface area contributed by atoms with E-state index in [1.165, 1.54) is 6.92 Å². The molecule has 82 valence electrons. The third-order valence-corrected chi connectivity index (χ3v) is 2.06. The van der Waals surface area contributed by atoms with Crippen LogP contribution in [0.4, 0.5) is 0 Å². The minimum atomic E-state index is -1.22. The first-order chi connectivity index (χ1) is 6.56. The summed E-state index contributed by atoms with van der Waals surface area (Å²) in [5.41, 5.74) is 0. The van der Waals surface area contributed by atoms with Gasteiger partial charge in [0, 0.05) is 6.92 Å². The third kappa shape index (κ3) is 2.42. The van der Waals surface area contributed by atoms with Gasteiger partial charge in [0.15, 0.2) is 6.10 Å². The minimum Gasteiger partial charge on any atom is -0.457 e. The average molecular weight is 206 g/mol. The fourth-order valence-electron chi connectivity index (χ4n) is 1.35. The molecular formula is C8H14O6. The van der Waals surface area contributed by atoms with Gasteiger partial charge in [-0.05, 0) is 0 Å². The van der Waals surface area contributed by atoms with Gasteiger partial charge in [-0.2, -0.15) is 0 Å².